The number of aromatic hydroxyl groups is 1. The summed E-state index contributed by atoms with van der Waals surface area (Å²) in [7, 11) is 0. The number of amidine groups is 1. The summed E-state index contributed by atoms with van der Waals surface area (Å²) in [6.07, 6.45) is 1.02. The fourth-order valence-electron chi connectivity index (χ4n) is 3.75. The number of aryl methyl sites for hydroxylation is 1. The molecule has 0 fully saturated rings. The van der Waals surface area contributed by atoms with Gasteiger partial charge >= 0.3 is 5.97 Å². The maximum atomic E-state index is 13.2. The van der Waals surface area contributed by atoms with Crippen LogP contribution in [0.5, 0.6) is 11.5 Å². The van der Waals surface area contributed by atoms with Gasteiger partial charge in [0.2, 0.25) is 0 Å². The maximum absolute atomic E-state index is 13.2. The van der Waals surface area contributed by atoms with Gasteiger partial charge in [0.05, 0.1) is 13.2 Å². The lowest BCUT2D eigenvalue weighted by molar-refractivity contribution is -0.137. The highest BCUT2D eigenvalue weighted by atomic mass is 79.9. The average Bonchev–Trinajstić information content (AvgIpc) is 3.05. The number of nitrogens with zero attached hydrogens (tertiary/aromatic N) is 2. The fraction of sp³-hybridized carbons (Fsp3) is 0.440. The van der Waals surface area contributed by atoms with Gasteiger partial charge in [-0.25, -0.2) is 4.98 Å². The van der Waals surface area contributed by atoms with Crippen molar-refractivity contribution in [2.24, 2.45) is 0 Å². The number of phenolic OH excluding ortho intramolecular Hbond substituents is 1. The van der Waals surface area contributed by atoms with Gasteiger partial charge in [0.1, 0.15) is 11.5 Å². The molecule has 0 saturated carbocycles. The summed E-state index contributed by atoms with van der Waals surface area (Å²) in [5.41, 5.74) is 2.94. The van der Waals surface area contributed by atoms with Gasteiger partial charge in [0.15, 0.2) is 17.3 Å². The zero-order chi connectivity index (χ0) is 24.3. The van der Waals surface area contributed by atoms with Crippen molar-refractivity contribution in [2.75, 3.05) is 13.2 Å². The first-order chi connectivity index (χ1) is 15.5. The molecule has 0 unspecified atom stereocenters. The molecule has 0 atom stereocenters. The molecule has 0 amide bonds. The van der Waals surface area contributed by atoms with Crippen LogP contribution in [0, 0.1) is 5.41 Å². The number of Topliss-reactive ketones (excluding diaryl/α,β-unsaturated/α-hetero) is 1. The molecular formula is C25H32BrN3O5. The molecule has 0 bridgehead atoms. The quantitative estimate of drug-likeness (QED) is 0.320. The van der Waals surface area contributed by atoms with Crippen LogP contribution in [-0.2, 0) is 23.2 Å². The Kier molecular flexibility index (Phi) is 8.83. The summed E-state index contributed by atoms with van der Waals surface area (Å²) in [4.78, 5) is 30.2. The summed E-state index contributed by atoms with van der Waals surface area (Å²) in [5, 5.41) is 28.0. The molecule has 0 radical (unpaired) electrons. The molecule has 9 heteroatoms. The number of carbonyl (C=O) groups excluding carboxylic acids is 1. The van der Waals surface area contributed by atoms with Gasteiger partial charge in [-0.05, 0) is 36.5 Å². The zero-order valence-corrected chi connectivity index (χ0v) is 21.7. The number of ether oxygens (including phenoxy) is 1. The monoisotopic (exact) mass is 533 g/mol. The van der Waals surface area contributed by atoms with E-state index < -0.39 is 11.4 Å². The van der Waals surface area contributed by atoms with Gasteiger partial charge in [-0.15, -0.1) is 17.0 Å². The number of aliphatic carboxylic acids is 1. The van der Waals surface area contributed by atoms with Gasteiger partial charge in [0.25, 0.3) is 0 Å². The van der Waals surface area contributed by atoms with Gasteiger partial charge in [-0.2, -0.15) is 0 Å². The molecule has 0 aliphatic carbocycles. The molecule has 2 aromatic rings. The lowest BCUT2D eigenvalue weighted by Gasteiger charge is -2.24. The Labute approximate surface area is 210 Å². The van der Waals surface area contributed by atoms with E-state index in [1.54, 1.807) is 11.0 Å². The second kappa shape index (κ2) is 11.0. The highest BCUT2D eigenvalue weighted by Gasteiger charge is 2.29. The third kappa shape index (κ3) is 6.14. The third-order valence-electron chi connectivity index (χ3n) is 5.63. The van der Waals surface area contributed by atoms with Gasteiger partial charge in [-0.1, -0.05) is 33.8 Å². The number of pyridine rings is 1. The van der Waals surface area contributed by atoms with Crippen molar-refractivity contribution in [2.45, 2.75) is 58.9 Å². The highest BCUT2D eigenvalue weighted by Crippen LogP contribution is 2.39. The Morgan fingerprint density at radius 1 is 1.24 bits per heavy atom. The third-order valence-corrected chi connectivity index (χ3v) is 5.63. The number of halogens is 1. The van der Waals surface area contributed by atoms with E-state index >= 15 is 0 Å². The minimum atomic E-state index is -0.920. The number of carboxylic acids is 1. The van der Waals surface area contributed by atoms with E-state index in [0.29, 0.717) is 23.4 Å². The Morgan fingerprint density at radius 2 is 1.94 bits per heavy atom. The first-order valence-corrected chi connectivity index (χ1v) is 11.1. The first kappa shape index (κ1) is 27.3. The number of benzene rings is 1. The minimum absolute atomic E-state index is 0. The molecule has 0 spiro atoms. The molecule has 1 aromatic heterocycles. The first-order valence-electron chi connectivity index (χ1n) is 11.1. The average molecular weight is 534 g/mol. The summed E-state index contributed by atoms with van der Waals surface area (Å²) >= 11 is 0. The second-order valence-corrected chi connectivity index (χ2v) is 9.26. The molecule has 34 heavy (non-hydrogen) atoms. The Morgan fingerprint density at radius 3 is 2.56 bits per heavy atom. The topological polar surface area (TPSA) is 124 Å². The van der Waals surface area contributed by atoms with Crippen LogP contribution in [-0.4, -0.2) is 50.8 Å². The van der Waals surface area contributed by atoms with Crippen molar-refractivity contribution < 1.29 is 24.5 Å². The number of hydrogen-bond acceptors (Lipinski definition) is 6. The van der Waals surface area contributed by atoms with E-state index in [2.05, 4.69) is 4.98 Å². The van der Waals surface area contributed by atoms with Crippen LogP contribution >= 0.6 is 17.0 Å². The largest absolute Gasteiger partial charge is 0.504 e. The number of fused-ring (bicyclic) bond motifs is 1. The van der Waals surface area contributed by atoms with Crippen LogP contribution in [0.2, 0.25) is 0 Å². The Hall–Kier alpha value is -2.94. The van der Waals surface area contributed by atoms with Crippen molar-refractivity contribution in [3.8, 4) is 11.5 Å². The summed E-state index contributed by atoms with van der Waals surface area (Å²) in [5.74, 6) is -0.785. The summed E-state index contributed by atoms with van der Waals surface area (Å²) < 4.78 is 5.65. The molecule has 1 aromatic carbocycles. The van der Waals surface area contributed by atoms with E-state index in [1.165, 1.54) is 6.07 Å². The number of hydrogen-bond donors (Lipinski definition) is 3. The number of nitrogens with one attached hydrogen (secondary N) is 1. The van der Waals surface area contributed by atoms with E-state index in [1.807, 2.05) is 39.8 Å². The van der Waals surface area contributed by atoms with Gasteiger partial charge < -0.3 is 19.8 Å². The summed E-state index contributed by atoms with van der Waals surface area (Å²) in [6.45, 7) is 8.34. The van der Waals surface area contributed by atoms with Crippen LogP contribution in [0.1, 0.15) is 73.4 Å². The van der Waals surface area contributed by atoms with Crippen molar-refractivity contribution in [1.82, 2.24) is 9.88 Å². The minimum Gasteiger partial charge on any atom is -0.504 e. The molecular weight excluding hydrogens is 502 g/mol. The van der Waals surface area contributed by atoms with Gasteiger partial charge in [-0.3, -0.25) is 15.0 Å². The van der Waals surface area contributed by atoms with Gasteiger partial charge in [0, 0.05) is 35.3 Å². The SMILES string of the molecule is Br.CCc1ccc2c(n1)C(=N)N(CC(=O)c1cc(OCCCC(=O)O)c(O)c(C(C)(C)C)c1)C2. The molecule has 1 aliphatic rings. The highest BCUT2D eigenvalue weighted by molar-refractivity contribution is 8.93. The molecule has 2 heterocycles. The molecule has 184 valence electrons. The molecule has 8 nitrogen and oxygen atoms in total. The second-order valence-electron chi connectivity index (χ2n) is 9.26. The molecule has 1 aliphatic heterocycles. The Balaban J connectivity index is 0.00000408. The van der Waals surface area contributed by atoms with Crippen molar-refractivity contribution in [3.05, 3.63) is 52.3 Å². The Bertz CT molecular complexity index is 1090. The van der Waals surface area contributed by atoms with Crippen molar-refractivity contribution in [3.63, 3.8) is 0 Å². The lowest BCUT2D eigenvalue weighted by atomic mass is 9.84. The predicted octanol–water partition coefficient (Wildman–Crippen LogP) is 4.49. The fourth-order valence-corrected chi connectivity index (χ4v) is 3.75. The maximum Gasteiger partial charge on any atom is 0.303 e. The number of ketones is 1. The van der Waals surface area contributed by atoms with E-state index in [0.717, 1.165) is 17.7 Å². The van der Waals surface area contributed by atoms with E-state index in [9.17, 15) is 14.7 Å². The van der Waals surface area contributed by atoms with Crippen molar-refractivity contribution in [1.29, 1.82) is 5.41 Å². The van der Waals surface area contributed by atoms with Crippen molar-refractivity contribution >= 4 is 34.6 Å². The van der Waals surface area contributed by atoms with Crippen LogP contribution in [0.3, 0.4) is 0 Å². The number of aromatic nitrogens is 1. The number of carboxylic acid groups (broad SMARTS) is 1. The number of carbonyl (C=O) groups is 2. The molecule has 3 N–H and O–H groups in total. The van der Waals surface area contributed by atoms with E-state index in [-0.39, 0.29) is 66.1 Å². The smallest absolute Gasteiger partial charge is 0.303 e. The van der Waals surface area contributed by atoms with Crippen LogP contribution in [0.15, 0.2) is 24.3 Å². The number of rotatable bonds is 9. The van der Waals surface area contributed by atoms with Crippen LogP contribution in [0.25, 0.3) is 0 Å². The lowest BCUT2D eigenvalue weighted by Crippen LogP contribution is -2.30. The summed E-state index contributed by atoms with van der Waals surface area (Å²) in [6, 6.07) is 7.07. The predicted molar refractivity (Wildman–Crippen MR) is 135 cm³/mol. The van der Waals surface area contributed by atoms with Crippen LogP contribution in [0.4, 0.5) is 0 Å². The number of phenols is 1. The van der Waals surface area contributed by atoms with E-state index in [4.69, 9.17) is 15.3 Å². The standard InChI is InChI=1S/C25H31N3O5.BrH/c1-5-17-9-8-15-13-28(24(26)22(15)27-17)14-19(29)16-11-18(25(2,3)4)23(32)20(12-16)33-10-6-7-21(30)31;/h8-9,11-12,26,32H,5-7,10,13-14H2,1-4H3,(H,30,31);1H. The van der Waals surface area contributed by atoms with Crippen LogP contribution < -0.4 is 4.74 Å². The molecule has 3 rings (SSSR count). The zero-order valence-electron chi connectivity index (χ0n) is 20.0. The molecule has 0 saturated heterocycles. The normalized spacial score (nSPS) is 12.8.